The fraction of sp³-hybridized carbons (Fsp3) is 0.435. The van der Waals surface area contributed by atoms with Crippen LogP contribution in [0, 0.1) is 17.6 Å². The Morgan fingerprint density at radius 2 is 2.00 bits per heavy atom. The standard InChI is InChI=1S/C23H24Cl2F2N2O2/c1-31-23(15-5-8-19(26)20(27)11-15)9-10-28-12-17(23)22(30)29(16-6-7-16)13-14-3-2-4-18(24)21(14)25/h2-5,8,11,16-17,28H,6-7,9-10,12-13H2,1H3. The SMILES string of the molecule is COC1(c2ccc(F)c(F)c2)CCNCC1C(=O)N(Cc1cccc(Cl)c1Cl)C1CC1. The van der Waals surface area contributed by atoms with Crippen molar-refractivity contribution in [3.63, 3.8) is 0 Å². The third kappa shape index (κ3) is 4.31. The van der Waals surface area contributed by atoms with Crippen molar-refractivity contribution in [3.8, 4) is 0 Å². The van der Waals surface area contributed by atoms with Crippen LogP contribution in [0.4, 0.5) is 8.78 Å². The molecule has 0 aromatic heterocycles. The summed E-state index contributed by atoms with van der Waals surface area (Å²) in [5, 5.41) is 4.13. The molecule has 31 heavy (non-hydrogen) atoms. The van der Waals surface area contributed by atoms with Crippen LogP contribution in [0.5, 0.6) is 0 Å². The monoisotopic (exact) mass is 468 g/mol. The number of hydrogen-bond acceptors (Lipinski definition) is 3. The van der Waals surface area contributed by atoms with Gasteiger partial charge >= 0.3 is 0 Å². The quantitative estimate of drug-likeness (QED) is 0.654. The maximum atomic E-state index is 14.1. The Hall–Kier alpha value is -1.73. The molecule has 1 saturated carbocycles. The molecule has 2 aromatic rings. The summed E-state index contributed by atoms with van der Waals surface area (Å²) in [7, 11) is 1.52. The summed E-state index contributed by atoms with van der Waals surface area (Å²) in [5.74, 6) is -2.59. The lowest BCUT2D eigenvalue weighted by Gasteiger charge is -2.44. The van der Waals surface area contributed by atoms with Crippen molar-refractivity contribution >= 4 is 29.1 Å². The second kappa shape index (κ2) is 9.02. The van der Waals surface area contributed by atoms with E-state index in [1.165, 1.54) is 13.2 Å². The number of rotatable bonds is 6. The zero-order valence-corrected chi connectivity index (χ0v) is 18.6. The minimum Gasteiger partial charge on any atom is -0.373 e. The van der Waals surface area contributed by atoms with Gasteiger partial charge in [0.15, 0.2) is 11.6 Å². The molecular weight excluding hydrogens is 445 g/mol. The third-order valence-electron chi connectivity index (χ3n) is 6.30. The van der Waals surface area contributed by atoms with E-state index >= 15 is 0 Å². The van der Waals surface area contributed by atoms with Crippen molar-refractivity contribution in [2.24, 2.45) is 5.92 Å². The molecule has 2 unspecified atom stereocenters. The van der Waals surface area contributed by atoms with Crippen molar-refractivity contribution in [3.05, 3.63) is 69.2 Å². The minimum atomic E-state index is -1.05. The van der Waals surface area contributed by atoms with Crippen molar-refractivity contribution < 1.29 is 18.3 Å². The number of halogens is 4. The molecule has 1 saturated heterocycles. The number of nitrogens with one attached hydrogen (secondary N) is 1. The highest BCUT2D eigenvalue weighted by Crippen LogP contribution is 2.42. The number of methoxy groups -OCH3 is 1. The van der Waals surface area contributed by atoms with Gasteiger partial charge in [-0.3, -0.25) is 4.79 Å². The van der Waals surface area contributed by atoms with Gasteiger partial charge in [0.2, 0.25) is 5.91 Å². The Morgan fingerprint density at radius 3 is 2.68 bits per heavy atom. The first-order valence-corrected chi connectivity index (χ1v) is 11.1. The van der Waals surface area contributed by atoms with E-state index in [1.54, 1.807) is 6.07 Å². The molecule has 2 atom stereocenters. The topological polar surface area (TPSA) is 41.6 Å². The predicted molar refractivity (Wildman–Crippen MR) is 116 cm³/mol. The van der Waals surface area contributed by atoms with Crippen LogP contribution in [-0.4, -0.2) is 37.0 Å². The van der Waals surface area contributed by atoms with E-state index in [-0.39, 0.29) is 11.9 Å². The van der Waals surface area contributed by atoms with Crippen molar-refractivity contribution in [1.29, 1.82) is 0 Å². The molecule has 166 valence electrons. The number of amides is 1. The van der Waals surface area contributed by atoms with Crippen LogP contribution >= 0.6 is 23.2 Å². The van der Waals surface area contributed by atoms with Crippen LogP contribution in [0.3, 0.4) is 0 Å². The van der Waals surface area contributed by atoms with Gasteiger partial charge in [0.05, 0.1) is 16.0 Å². The Kier molecular flexibility index (Phi) is 6.54. The molecule has 2 aromatic carbocycles. The number of carbonyl (C=O) groups excluding carboxylic acids is 1. The van der Waals surface area contributed by atoms with Gasteiger partial charge in [0.1, 0.15) is 5.60 Å². The van der Waals surface area contributed by atoms with E-state index in [4.69, 9.17) is 27.9 Å². The van der Waals surface area contributed by atoms with E-state index in [1.807, 2.05) is 17.0 Å². The van der Waals surface area contributed by atoms with Gasteiger partial charge in [-0.05, 0) is 55.1 Å². The highest BCUT2D eigenvalue weighted by molar-refractivity contribution is 6.42. The first kappa shape index (κ1) is 22.5. The van der Waals surface area contributed by atoms with Crippen LogP contribution in [0.15, 0.2) is 36.4 Å². The maximum Gasteiger partial charge on any atom is 0.230 e. The summed E-state index contributed by atoms with van der Waals surface area (Å²) < 4.78 is 33.6. The molecular formula is C23H24Cl2F2N2O2. The lowest BCUT2D eigenvalue weighted by Crippen LogP contribution is -2.56. The molecule has 0 bridgehead atoms. The second-order valence-corrected chi connectivity index (χ2v) is 8.92. The Morgan fingerprint density at radius 1 is 1.23 bits per heavy atom. The number of benzene rings is 2. The Labute approximate surface area is 190 Å². The van der Waals surface area contributed by atoms with Gasteiger partial charge in [-0.1, -0.05) is 41.4 Å². The summed E-state index contributed by atoms with van der Waals surface area (Å²) in [6.07, 6.45) is 2.28. The van der Waals surface area contributed by atoms with Gasteiger partial charge in [0, 0.05) is 26.2 Å². The number of nitrogens with zero attached hydrogens (tertiary/aromatic N) is 1. The summed E-state index contributed by atoms with van der Waals surface area (Å²) in [6, 6.07) is 9.21. The number of ether oxygens (including phenoxy) is 1. The van der Waals surface area contributed by atoms with Crippen LogP contribution in [0.1, 0.15) is 30.4 Å². The van der Waals surface area contributed by atoms with Crippen LogP contribution in [-0.2, 0) is 21.7 Å². The maximum absolute atomic E-state index is 14.1. The molecule has 0 radical (unpaired) electrons. The zero-order chi connectivity index (χ0) is 22.2. The molecule has 1 amide bonds. The van der Waals surface area contributed by atoms with E-state index in [2.05, 4.69) is 5.32 Å². The average Bonchev–Trinajstić information content (AvgIpc) is 3.61. The van der Waals surface area contributed by atoms with Crippen LogP contribution in [0.2, 0.25) is 10.0 Å². The summed E-state index contributed by atoms with van der Waals surface area (Å²) >= 11 is 12.5. The summed E-state index contributed by atoms with van der Waals surface area (Å²) in [4.78, 5) is 15.7. The molecule has 1 N–H and O–H groups in total. The number of piperidine rings is 1. The van der Waals surface area contributed by atoms with Gasteiger partial charge in [-0.15, -0.1) is 0 Å². The summed E-state index contributed by atoms with van der Waals surface area (Å²) in [6.45, 7) is 1.30. The van der Waals surface area contributed by atoms with E-state index in [0.717, 1.165) is 30.5 Å². The van der Waals surface area contributed by atoms with Crippen molar-refractivity contribution in [2.45, 2.75) is 37.5 Å². The Balaban J connectivity index is 1.69. The zero-order valence-electron chi connectivity index (χ0n) is 17.1. The van der Waals surface area contributed by atoms with E-state index in [9.17, 15) is 13.6 Å². The molecule has 2 fully saturated rings. The van der Waals surface area contributed by atoms with Gasteiger partial charge in [-0.2, -0.15) is 0 Å². The highest BCUT2D eigenvalue weighted by atomic mass is 35.5. The first-order chi connectivity index (χ1) is 14.9. The molecule has 8 heteroatoms. The molecule has 1 aliphatic heterocycles. The molecule has 1 heterocycles. The van der Waals surface area contributed by atoms with Crippen LogP contribution < -0.4 is 5.32 Å². The smallest absolute Gasteiger partial charge is 0.230 e. The fourth-order valence-corrected chi connectivity index (χ4v) is 4.82. The third-order valence-corrected chi connectivity index (χ3v) is 7.16. The second-order valence-electron chi connectivity index (χ2n) is 8.14. The molecule has 2 aliphatic rings. The first-order valence-electron chi connectivity index (χ1n) is 10.3. The van der Waals surface area contributed by atoms with Crippen molar-refractivity contribution in [2.75, 3.05) is 20.2 Å². The average molecular weight is 469 g/mol. The lowest BCUT2D eigenvalue weighted by atomic mass is 9.75. The molecule has 1 aliphatic carbocycles. The van der Waals surface area contributed by atoms with Gasteiger partial charge in [0.25, 0.3) is 0 Å². The van der Waals surface area contributed by atoms with E-state index in [0.29, 0.717) is 41.7 Å². The molecule has 4 rings (SSSR count). The summed E-state index contributed by atoms with van der Waals surface area (Å²) in [5.41, 5.74) is 0.182. The highest BCUT2D eigenvalue weighted by Gasteiger charge is 2.50. The fourth-order valence-electron chi connectivity index (χ4n) is 4.44. The van der Waals surface area contributed by atoms with Crippen LogP contribution in [0.25, 0.3) is 0 Å². The lowest BCUT2D eigenvalue weighted by molar-refractivity contribution is -0.155. The normalized spacial score (nSPS) is 23.6. The number of hydrogen-bond donors (Lipinski definition) is 1. The molecule has 0 spiro atoms. The van der Waals surface area contributed by atoms with Gasteiger partial charge in [-0.25, -0.2) is 8.78 Å². The Bertz CT molecular complexity index is 986. The minimum absolute atomic E-state index is 0.0997. The van der Waals surface area contributed by atoms with Crippen molar-refractivity contribution in [1.82, 2.24) is 10.2 Å². The molecule has 4 nitrogen and oxygen atoms in total. The number of carbonyl (C=O) groups is 1. The van der Waals surface area contributed by atoms with Gasteiger partial charge < -0.3 is 15.0 Å². The predicted octanol–water partition coefficient (Wildman–Crippen LogP) is 4.91. The largest absolute Gasteiger partial charge is 0.373 e. The van der Waals surface area contributed by atoms with E-state index < -0.39 is 23.2 Å².